The van der Waals surface area contributed by atoms with Gasteiger partial charge in [-0.05, 0) is 36.5 Å². The first-order valence-electron chi connectivity index (χ1n) is 11.2. The van der Waals surface area contributed by atoms with Crippen molar-refractivity contribution in [1.82, 2.24) is 0 Å². The molecule has 0 fully saturated rings. The van der Waals surface area contributed by atoms with Gasteiger partial charge in [0.05, 0.1) is 13.2 Å². The molecule has 3 N–H and O–H groups in total. The largest absolute Gasteiger partial charge is 0.393 e. The maximum absolute atomic E-state index is 9.91. The molecule has 0 aromatic carbocycles. The lowest BCUT2D eigenvalue weighted by atomic mass is 9.89. The highest BCUT2D eigenvalue weighted by Gasteiger charge is 2.25. The standard InChI is InChI=1S/C23H48O3/c1-19(2)9-6-10-20(3)11-7-12-21(4)13-8-14-22(5)15-16-23(26,17-24)18-25/h19-22,24-26H,6-18H2,1-5H3. The van der Waals surface area contributed by atoms with Gasteiger partial charge >= 0.3 is 0 Å². The van der Waals surface area contributed by atoms with Gasteiger partial charge in [0.15, 0.2) is 0 Å². The Balaban J connectivity index is 3.68. The van der Waals surface area contributed by atoms with Crippen LogP contribution in [-0.4, -0.2) is 34.1 Å². The van der Waals surface area contributed by atoms with Crippen LogP contribution in [0, 0.1) is 23.7 Å². The molecule has 0 aliphatic heterocycles. The van der Waals surface area contributed by atoms with Crippen LogP contribution in [0.5, 0.6) is 0 Å². The Morgan fingerprint density at radius 3 is 1.27 bits per heavy atom. The average Bonchev–Trinajstić information content (AvgIpc) is 2.59. The van der Waals surface area contributed by atoms with Gasteiger partial charge < -0.3 is 15.3 Å². The lowest BCUT2D eigenvalue weighted by Gasteiger charge is -2.25. The van der Waals surface area contributed by atoms with Gasteiger partial charge in [0.2, 0.25) is 0 Å². The highest BCUT2D eigenvalue weighted by Crippen LogP contribution is 2.24. The number of rotatable bonds is 17. The number of hydrogen-bond acceptors (Lipinski definition) is 3. The van der Waals surface area contributed by atoms with E-state index in [9.17, 15) is 5.11 Å². The minimum atomic E-state index is -1.30. The summed E-state index contributed by atoms with van der Waals surface area (Å²) in [6.45, 7) is 10.9. The Labute approximate surface area is 163 Å². The van der Waals surface area contributed by atoms with Gasteiger partial charge in [-0.15, -0.1) is 0 Å². The maximum atomic E-state index is 9.91. The summed E-state index contributed by atoms with van der Waals surface area (Å²) in [5, 5.41) is 28.2. The molecule has 0 radical (unpaired) electrons. The van der Waals surface area contributed by atoms with E-state index in [1.807, 2.05) is 0 Å². The van der Waals surface area contributed by atoms with Crippen LogP contribution in [0.3, 0.4) is 0 Å². The minimum absolute atomic E-state index is 0.358. The third-order valence-electron chi connectivity index (χ3n) is 5.96. The van der Waals surface area contributed by atoms with Gasteiger partial charge in [-0.1, -0.05) is 92.4 Å². The van der Waals surface area contributed by atoms with Crippen LogP contribution >= 0.6 is 0 Å². The van der Waals surface area contributed by atoms with Crippen LogP contribution in [0.2, 0.25) is 0 Å². The van der Waals surface area contributed by atoms with Gasteiger partial charge in [-0.25, -0.2) is 0 Å². The van der Waals surface area contributed by atoms with Crippen LogP contribution in [0.25, 0.3) is 0 Å². The minimum Gasteiger partial charge on any atom is -0.393 e. The fourth-order valence-corrected chi connectivity index (χ4v) is 3.66. The Kier molecular flexibility index (Phi) is 14.8. The molecule has 0 saturated heterocycles. The van der Waals surface area contributed by atoms with E-state index in [1.165, 1.54) is 57.8 Å². The second kappa shape index (κ2) is 14.9. The van der Waals surface area contributed by atoms with Crippen molar-refractivity contribution in [3.8, 4) is 0 Å². The highest BCUT2D eigenvalue weighted by molar-refractivity contribution is 4.77. The molecule has 3 atom stereocenters. The van der Waals surface area contributed by atoms with Crippen molar-refractivity contribution in [1.29, 1.82) is 0 Å². The monoisotopic (exact) mass is 372 g/mol. The Morgan fingerprint density at radius 2 is 0.923 bits per heavy atom. The van der Waals surface area contributed by atoms with Gasteiger partial charge in [0.25, 0.3) is 0 Å². The van der Waals surface area contributed by atoms with Crippen molar-refractivity contribution >= 4 is 0 Å². The first kappa shape index (κ1) is 25.9. The number of hydrogen-bond donors (Lipinski definition) is 3. The van der Waals surface area contributed by atoms with Gasteiger partial charge in [0, 0.05) is 0 Å². The first-order chi connectivity index (χ1) is 12.2. The molecule has 3 heteroatoms. The molecule has 158 valence electrons. The van der Waals surface area contributed by atoms with Crippen molar-refractivity contribution in [3.05, 3.63) is 0 Å². The number of aliphatic hydroxyl groups is 3. The molecule has 26 heavy (non-hydrogen) atoms. The van der Waals surface area contributed by atoms with Gasteiger partial charge in [-0.2, -0.15) is 0 Å². The van der Waals surface area contributed by atoms with E-state index in [0.29, 0.717) is 12.3 Å². The predicted molar refractivity (Wildman–Crippen MR) is 112 cm³/mol. The molecule has 0 aromatic heterocycles. The Hall–Kier alpha value is -0.120. The Bertz CT molecular complexity index is 313. The molecular weight excluding hydrogens is 324 g/mol. The summed E-state index contributed by atoms with van der Waals surface area (Å²) in [6, 6.07) is 0. The van der Waals surface area contributed by atoms with E-state index in [2.05, 4.69) is 34.6 Å². The third kappa shape index (κ3) is 14.0. The van der Waals surface area contributed by atoms with Crippen LogP contribution in [0.15, 0.2) is 0 Å². The summed E-state index contributed by atoms with van der Waals surface area (Å²) in [5.41, 5.74) is -1.30. The maximum Gasteiger partial charge on any atom is 0.111 e. The smallest absolute Gasteiger partial charge is 0.111 e. The zero-order valence-electron chi connectivity index (χ0n) is 18.3. The molecule has 0 rings (SSSR count). The Morgan fingerprint density at radius 1 is 0.577 bits per heavy atom. The van der Waals surface area contributed by atoms with Crippen molar-refractivity contribution in [2.45, 2.75) is 111 Å². The van der Waals surface area contributed by atoms with E-state index in [4.69, 9.17) is 10.2 Å². The summed E-state index contributed by atoms with van der Waals surface area (Å²) in [5.74, 6) is 3.05. The molecule has 3 nitrogen and oxygen atoms in total. The molecule has 0 saturated carbocycles. The normalized spacial score (nSPS) is 16.0. The van der Waals surface area contributed by atoms with Crippen molar-refractivity contribution in [3.63, 3.8) is 0 Å². The molecule has 0 bridgehead atoms. The van der Waals surface area contributed by atoms with Gasteiger partial charge in [-0.3, -0.25) is 0 Å². The number of aliphatic hydroxyl groups excluding tert-OH is 2. The molecule has 0 aliphatic rings. The summed E-state index contributed by atoms with van der Waals surface area (Å²) >= 11 is 0. The lowest BCUT2D eigenvalue weighted by molar-refractivity contribution is -0.0634. The van der Waals surface area contributed by atoms with E-state index >= 15 is 0 Å². The van der Waals surface area contributed by atoms with E-state index in [1.54, 1.807) is 0 Å². The molecule has 0 aromatic rings. The summed E-state index contributed by atoms with van der Waals surface area (Å²) in [4.78, 5) is 0. The fourth-order valence-electron chi connectivity index (χ4n) is 3.66. The van der Waals surface area contributed by atoms with E-state index < -0.39 is 5.60 Å². The first-order valence-corrected chi connectivity index (χ1v) is 11.2. The molecule has 3 unspecified atom stereocenters. The van der Waals surface area contributed by atoms with Crippen molar-refractivity contribution in [2.75, 3.05) is 13.2 Å². The molecular formula is C23H48O3. The van der Waals surface area contributed by atoms with Crippen LogP contribution in [-0.2, 0) is 0 Å². The quantitative estimate of drug-likeness (QED) is 0.313. The molecule has 0 aliphatic carbocycles. The summed E-state index contributed by atoms with van der Waals surface area (Å²) < 4.78 is 0. The van der Waals surface area contributed by atoms with Crippen molar-refractivity contribution < 1.29 is 15.3 Å². The third-order valence-corrected chi connectivity index (χ3v) is 5.96. The average molecular weight is 373 g/mol. The molecule has 0 spiro atoms. The zero-order chi connectivity index (χ0) is 20.0. The van der Waals surface area contributed by atoms with E-state index in [-0.39, 0.29) is 13.2 Å². The van der Waals surface area contributed by atoms with Crippen LogP contribution < -0.4 is 0 Å². The van der Waals surface area contributed by atoms with E-state index in [0.717, 1.165) is 24.2 Å². The molecule has 0 amide bonds. The highest BCUT2D eigenvalue weighted by atomic mass is 16.4. The molecule has 0 heterocycles. The predicted octanol–water partition coefficient (Wildman–Crippen LogP) is 5.56. The fraction of sp³-hybridized carbons (Fsp3) is 1.00. The van der Waals surface area contributed by atoms with Crippen LogP contribution in [0.1, 0.15) is 105 Å². The lowest BCUT2D eigenvalue weighted by Crippen LogP contribution is -2.37. The summed E-state index contributed by atoms with van der Waals surface area (Å²) in [7, 11) is 0. The van der Waals surface area contributed by atoms with Crippen molar-refractivity contribution in [2.24, 2.45) is 23.7 Å². The zero-order valence-corrected chi connectivity index (χ0v) is 18.3. The summed E-state index contributed by atoms with van der Waals surface area (Å²) in [6.07, 6.45) is 13.3. The topological polar surface area (TPSA) is 60.7 Å². The van der Waals surface area contributed by atoms with Crippen LogP contribution in [0.4, 0.5) is 0 Å². The SMILES string of the molecule is CC(C)CCCC(C)CCCC(C)CCCC(C)CCC(O)(CO)CO. The van der Waals surface area contributed by atoms with Gasteiger partial charge in [0.1, 0.15) is 5.60 Å². The second-order valence-corrected chi connectivity index (χ2v) is 9.58. The second-order valence-electron chi connectivity index (χ2n) is 9.58.